The number of rotatable bonds is 3. The van der Waals surface area contributed by atoms with E-state index in [0.29, 0.717) is 0 Å². The Morgan fingerprint density at radius 1 is 1.33 bits per heavy atom. The second kappa shape index (κ2) is 6.11. The molecule has 1 atom stereocenters. The van der Waals surface area contributed by atoms with Crippen molar-refractivity contribution in [2.24, 2.45) is 0 Å². The van der Waals surface area contributed by atoms with Crippen molar-refractivity contribution in [3.63, 3.8) is 0 Å². The molecule has 1 aliphatic carbocycles. The van der Waals surface area contributed by atoms with Crippen LogP contribution in [0.2, 0.25) is 0 Å². The Hall–Kier alpha value is -2.84. The second-order valence-electron chi connectivity index (χ2n) is 6.84. The number of aromatic nitrogens is 1. The monoisotopic (exact) mass is 371 g/mol. The Bertz CT molecular complexity index is 972. The quantitative estimate of drug-likeness (QED) is 0.644. The predicted molar refractivity (Wildman–Crippen MR) is 89.7 cm³/mol. The molecule has 0 amide bonds. The predicted octanol–water partition coefficient (Wildman–Crippen LogP) is 2.07. The smallest absolute Gasteiger partial charge is 0.342 e. The Kier molecular flexibility index (Phi) is 3.97. The van der Waals surface area contributed by atoms with Crippen LogP contribution >= 0.6 is 0 Å². The summed E-state index contributed by atoms with van der Waals surface area (Å²) >= 11 is 0. The van der Waals surface area contributed by atoms with Crippen LogP contribution in [0.25, 0.3) is 0 Å². The molecule has 3 heterocycles. The lowest BCUT2D eigenvalue weighted by molar-refractivity contribution is -0.142. The van der Waals surface area contributed by atoms with Crippen LogP contribution in [0.3, 0.4) is 0 Å². The molecular weight excluding hydrogens is 354 g/mol. The van der Waals surface area contributed by atoms with Crippen molar-refractivity contribution in [3.8, 4) is 0 Å². The van der Waals surface area contributed by atoms with Crippen LogP contribution in [-0.2, 0) is 14.2 Å². The molecule has 27 heavy (non-hydrogen) atoms. The van der Waals surface area contributed by atoms with Crippen molar-refractivity contribution >= 4 is 17.5 Å². The summed E-state index contributed by atoms with van der Waals surface area (Å²) in [6.45, 7) is 5.28. The Morgan fingerprint density at radius 2 is 2.11 bits per heavy atom. The zero-order valence-electron chi connectivity index (χ0n) is 15.0. The van der Waals surface area contributed by atoms with Crippen LogP contribution in [0.15, 0.2) is 22.7 Å². The van der Waals surface area contributed by atoms with E-state index in [4.69, 9.17) is 18.6 Å². The van der Waals surface area contributed by atoms with Crippen molar-refractivity contribution in [2.75, 3.05) is 13.2 Å². The third kappa shape index (κ3) is 2.87. The maximum atomic E-state index is 12.8. The van der Waals surface area contributed by atoms with Gasteiger partial charge in [-0.3, -0.25) is 14.6 Å². The van der Waals surface area contributed by atoms with Gasteiger partial charge in [0.25, 0.3) is 0 Å². The van der Waals surface area contributed by atoms with Crippen LogP contribution in [0.1, 0.15) is 62.1 Å². The molecule has 1 aliphatic heterocycles. The molecule has 0 bridgehead atoms. The van der Waals surface area contributed by atoms with Crippen LogP contribution < -0.4 is 0 Å². The molecule has 8 heteroatoms. The number of hydrogen-bond acceptors (Lipinski definition) is 8. The minimum absolute atomic E-state index is 0.000809. The third-order valence-electron chi connectivity index (χ3n) is 4.46. The number of fused-ring (bicyclic) bond motifs is 2. The maximum Gasteiger partial charge on any atom is 0.342 e. The highest BCUT2D eigenvalue weighted by Crippen LogP contribution is 2.33. The van der Waals surface area contributed by atoms with E-state index in [9.17, 15) is 14.4 Å². The number of ether oxygens (including phenoxy) is 3. The van der Waals surface area contributed by atoms with E-state index < -0.39 is 29.4 Å². The van der Waals surface area contributed by atoms with E-state index in [0.717, 1.165) is 0 Å². The van der Waals surface area contributed by atoms with Crippen molar-refractivity contribution in [2.45, 2.75) is 32.7 Å². The average molecular weight is 371 g/mol. The zero-order valence-corrected chi connectivity index (χ0v) is 15.0. The molecule has 0 saturated carbocycles. The van der Waals surface area contributed by atoms with Crippen LogP contribution in [0.4, 0.5) is 0 Å². The minimum Gasteiger partial charge on any atom is -0.459 e. The molecule has 0 spiro atoms. The highest BCUT2D eigenvalue weighted by molar-refractivity contribution is 6.29. The first-order chi connectivity index (χ1) is 12.8. The third-order valence-corrected chi connectivity index (χ3v) is 4.46. The fraction of sp³-hybridized carbons (Fsp3) is 0.368. The standard InChI is InChI=1S/C19H17NO7/c1-9-12(18(23)24-7-10-8-25-19(2,3)27-10)13-16(22)14-11(5-4-6-20-14)15(21)17(13)26-9/h4-6,10H,7-8H2,1-3H3. The van der Waals surface area contributed by atoms with Gasteiger partial charge in [0.2, 0.25) is 11.6 Å². The molecule has 1 fully saturated rings. The van der Waals surface area contributed by atoms with Crippen LogP contribution in [-0.4, -0.2) is 47.6 Å². The molecule has 4 rings (SSSR count). The van der Waals surface area contributed by atoms with E-state index in [-0.39, 0.29) is 47.1 Å². The maximum absolute atomic E-state index is 12.8. The normalized spacial score (nSPS) is 20.3. The summed E-state index contributed by atoms with van der Waals surface area (Å²) in [5.74, 6) is -2.53. The fourth-order valence-electron chi connectivity index (χ4n) is 3.26. The van der Waals surface area contributed by atoms with Crippen LogP contribution in [0.5, 0.6) is 0 Å². The molecule has 140 valence electrons. The number of hydrogen-bond donors (Lipinski definition) is 0. The molecule has 0 radical (unpaired) electrons. The zero-order chi connectivity index (χ0) is 19.3. The summed E-state index contributed by atoms with van der Waals surface area (Å²) < 4.78 is 21.8. The van der Waals surface area contributed by atoms with Gasteiger partial charge in [0.15, 0.2) is 11.5 Å². The van der Waals surface area contributed by atoms with Gasteiger partial charge in [-0.15, -0.1) is 0 Å². The SMILES string of the molecule is Cc1oc2c(c1C(=O)OCC1COC(C)(C)O1)C(=O)c1ncccc1C2=O. The van der Waals surface area contributed by atoms with Crippen molar-refractivity contribution in [1.29, 1.82) is 0 Å². The Labute approximate surface area is 154 Å². The molecule has 0 N–H and O–H groups in total. The van der Waals surface area contributed by atoms with E-state index in [2.05, 4.69) is 4.98 Å². The number of esters is 1. The Morgan fingerprint density at radius 3 is 2.81 bits per heavy atom. The molecule has 2 aromatic heterocycles. The summed E-state index contributed by atoms with van der Waals surface area (Å²) in [6, 6.07) is 3.06. The number of nitrogens with zero attached hydrogens (tertiary/aromatic N) is 1. The van der Waals surface area contributed by atoms with Gasteiger partial charge in [-0.25, -0.2) is 4.79 Å². The Balaban J connectivity index is 1.62. The summed E-state index contributed by atoms with van der Waals surface area (Å²) in [4.78, 5) is 42.0. The number of pyridine rings is 1. The first-order valence-electron chi connectivity index (χ1n) is 8.45. The number of carbonyl (C=O) groups is 3. The summed E-state index contributed by atoms with van der Waals surface area (Å²) in [5.41, 5.74) is -0.00280. The molecule has 2 aliphatic rings. The van der Waals surface area contributed by atoms with Gasteiger partial charge in [0.1, 0.15) is 29.7 Å². The van der Waals surface area contributed by atoms with Gasteiger partial charge in [0, 0.05) is 6.20 Å². The molecule has 1 unspecified atom stereocenters. The number of furan rings is 1. The largest absolute Gasteiger partial charge is 0.459 e. The van der Waals surface area contributed by atoms with E-state index >= 15 is 0 Å². The lowest BCUT2D eigenvalue weighted by Gasteiger charge is -2.17. The highest BCUT2D eigenvalue weighted by Gasteiger charge is 2.40. The number of ketones is 2. The summed E-state index contributed by atoms with van der Waals surface area (Å²) in [7, 11) is 0. The average Bonchev–Trinajstić information content (AvgIpc) is 3.17. The lowest BCUT2D eigenvalue weighted by atomic mass is 9.90. The molecule has 2 aromatic rings. The van der Waals surface area contributed by atoms with Crippen LogP contribution in [0, 0.1) is 6.92 Å². The highest BCUT2D eigenvalue weighted by atomic mass is 16.7. The van der Waals surface area contributed by atoms with Gasteiger partial charge in [-0.2, -0.15) is 0 Å². The van der Waals surface area contributed by atoms with Gasteiger partial charge in [-0.05, 0) is 32.9 Å². The summed E-state index contributed by atoms with van der Waals surface area (Å²) in [5, 5.41) is 0. The van der Waals surface area contributed by atoms with E-state index in [1.54, 1.807) is 19.9 Å². The number of carbonyl (C=O) groups excluding carboxylic acids is 3. The topological polar surface area (TPSA) is 105 Å². The van der Waals surface area contributed by atoms with Crippen molar-refractivity contribution in [3.05, 3.63) is 52.2 Å². The van der Waals surface area contributed by atoms with Gasteiger partial charge >= 0.3 is 5.97 Å². The molecular formula is C19H17NO7. The first kappa shape index (κ1) is 17.6. The fourth-order valence-corrected chi connectivity index (χ4v) is 3.26. The second-order valence-corrected chi connectivity index (χ2v) is 6.84. The molecule has 0 aromatic carbocycles. The lowest BCUT2D eigenvalue weighted by Crippen LogP contribution is -2.26. The summed E-state index contributed by atoms with van der Waals surface area (Å²) in [6.07, 6.45) is 1.01. The van der Waals surface area contributed by atoms with Gasteiger partial charge in [0.05, 0.1) is 17.7 Å². The van der Waals surface area contributed by atoms with E-state index in [1.807, 2.05) is 0 Å². The van der Waals surface area contributed by atoms with Crippen molar-refractivity contribution < 1.29 is 33.0 Å². The van der Waals surface area contributed by atoms with Gasteiger partial charge in [-0.1, -0.05) is 0 Å². The van der Waals surface area contributed by atoms with E-state index in [1.165, 1.54) is 19.2 Å². The molecule has 8 nitrogen and oxygen atoms in total. The van der Waals surface area contributed by atoms with Crippen molar-refractivity contribution in [1.82, 2.24) is 4.98 Å². The minimum atomic E-state index is -0.758. The first-order valence-corrected chi connectivity index (χ1v) is 8.45. The number of aryl methyl sites for hydroxylation is 1. The molecule has 1 saturated heterocycles. The van der Waals surface area contributed by atoms with Gasteiger partial charge < -0.3 is 18.6 Å².